The molecule has 5 rings (SSSR count). The highest BCUT2D eigenvalue weighted by molar-refractivity contribution is 14.1. The van der Waals surface area contributed by atoms with Gasteiger partial charge in [-0.25, -0.2) is 9.79 Å². The fraction of sp³-hybridized carbons (Fsp3) is 0.258. The highest BCUT2D eigenvalue weighted by Crippen LogP contribution is 2.36. The number of hydrogen-bond donors (Lipinski definition) is 0. The highest BCUT2D eigenvalue weighted by Gasteiger charge is 2.34. The summed E-state index contributed by atoms with van der Waals surface area (Å²) in [6.07, 6.45) is 1.91. The number of halogens is 1. The molecular weight excluding hydrogens is 653 g/mol. The average Bonchev–Trinajstić information content (AvgIpc) is 3.41. The van der Waals surface area contributed by atoms with Gasteiger partial charge >= 0.3 is 5.97 Å². The van der Waals surface area contributed by atoms with Crippen LogP contribution in [0.15, 0.2) is 69.6 Å². The Morgan fingerprint density at radius 1 is 1.05 bits per heavy atom. The van der Waals surface area contributed by atoms with Gasteiger partial charge < -0.3 is 18.8 Å². The zero-order valence-electron chi connectivity index (χ0n) is 23.6. The molecular formula is C31H30IN3O5S. The first-order chi connectivity index (χ1) is 19.7. The molecule has 4 aromatic rings. The number of hydrogen-bond acceptors (Lipinski definition) is 7. The number of fused-ring (bicyclic) bond motifs is 1. The lowest BCUT2D eigenvalue weighted by molar-refractivity contribution is -0.139. The van der Waals surface area contributed by atoms with E-state index in [9.17, 15) is 9.59 Å². The summed E-state index contributed by atoms with van der Waals surface area (Å²) in [5.74, 6) is 0.530. The Hall–Kier alpha value is -3.64. The van der Waals surface area contributed by atoms with Gasteiger partial charge in [0.1, 0.15) is 0 Å². The monoisotopic (exact) mass is 683 g/mol. The Bertz CT molecular complexity index is 1860. The number of allylic oxidation sites excluding steroid dienone is 1. The van der Waals surface area contributed by atoms with E-state index in [1.807, 2.05) is 19.1 Å². The number of nitrogens with zero attached hydrogens (tertiary/aromatic N) is 3. The molecule has 2 aromatic heterocycles. The van der Waals surface area contributed by atoms with Gasteiger partial charge in [0.15, 0.2) is 16.3 Å². The number of thiazole rings is 1. The van der Waals surface area contributed by atoms with E-state index in [0.717, 1.165) is 26.2 Å². The molecule has 0 radical (unpaired) electrons. The first-order valence-corrected chi connectivity index (χ1v) is 14.9. The Morgan fingerprint density at radius 3 is 2.41 bits per heavy atom. The zero-order valence-corrected chi connectivity index (χ0v) is 26.6. The van der Waals surface area contributed by atoms with Gasteiger partial charge in [-0.15, -0.1) is 0 Å². The van der Waals surface area contributed by atoms with Crippen LogP contribution in [0.25, 0.3) is 11.8 Å². The molecule has 8 nitrogen and oxygen atoms in total. The van der Waals surface area contributed by atoms with E-state index in [0.29, 0.717) is 37.7 Å². The maximum absolute atomic E-state index is 14.1. The summed E-state index contributed by atoms with van der Waals surface area (Å²) in [6.45, 7) is 7.82. The third-order valence-corrected chi connectivity index (χ3v) is 8.78. The van der Waals surface area contributed by atoms with Gasteiger partial charge in [-0.05, 0) is 110 Å². The molecule has 1 atom stereocenters. The topological polar surface area (TPSA) is 84.1 Å². The van der Waals surface area contributed by atoms with Gasteiger partial charge in [0, 0.05) is 20.6 Å². The second-order valence-electron chi connectivity index (χ2n) is 9.55. The molecule has 1 aliphatic rings. The summed E-state index contributed by atoms with van der Waals surface area (Å²) in [5, 5.41) is 0. The van der Waals surface area contributed by atoms with Crippen molar-refractivity contribution in [3.05, 3.63) is 106 Å². The molecule has 0 fully saturated rings. The lowest BCUT2D eigenvalue weighted by atomic mass is 9.95. The number of ether oxygens (including phenoxy) is 3. The summed E-state index contributed by atoms with van der Waals surface area (Å²) in [5.41, 5.74) is 5.36. The number of aryl methyl sites for hydroxylation is 1. The quantitative estimate of drug-likeness (QED) is 0.206. The summed E-state index contributed by atoms with van der Waals surface area (Å²) in [7, 11) is 3.11. The number of carbonyl (C=O) groups is 1. The number of carbonyl (C=O) groups excluding carboxylic acids is 1. The second kappa shape index (κ2) is 11.7. The van der Waals surface area contributed by atoms with Crippen molar-refractivity contribution in [2.24, 2.45) is 4.99 Å². The largest absolute Gasteiger partial charge is 0.493 e. The minimum atomic E-state index is -0.744. The first kappa shape index (κ1) is 28.9. The van der Waals surface area contributed by atoms with Crippen molar-refractivity contribution in [2.75, 3.05) is 20.8 Å². The molecule has 0 bridgehead atoms. The van der Waals surface area contributed by atoms with Crippen LogP contribution in [0.5, 0.6) is 11.5 Å². The number of methoxy groups -OCH3 is 2. The van der Waals surface area contributed by atoms with Crippen LogP contribution in [0, 0.1) is 17.4 Å². The van der Waals surface area contributed by atoms with Gasteiger partial charge in [-0.2, -0.15) is 0 Å². The molecule has 2 aromatic carbocycles. The molecule has 0 saturated heterocycles. The van der Waals surface area contributed by atoms with E-state index >= 15 is 0 Å². The molecule has 1 aliphatic heterocycles. The van der Waals surface area contributed by atoms with Crippen LogP contribution in [-0.4, -0.2) is 35.9 Å². The molecule has 212 valence electrons. The Labute approximate surface area is 255 Å². The summed E-state index contributed by atoms with van der Waals surface area (Å²) in [4.78, 5) is 32.5. The molecule has 0 spiro atoms. The number of aromatic nitrogens is 2. The lowest BCUT2D eigenvalue weighted by Crippen LogP contribution is -2.40. The lowest BCUT2D eigenvalue weighted by Gasteiger charge is -2.25. The summed E-state index contributed by atoms with van der Waals surface area (Å²) in [6, 6.07) is 15.0. The first-order valence-electron chi connectivity index (χ1n) is 13.0. The van der Waals surface area contributed by atoms with Crippen molar-refractivity contribution in [1.82, 2.24) is 9.13 Å². The number of rotatable bonds is 7. The normalized spacial score (nSPS) is 15.0. The fourth-order valence-electron chi connectivity index (χ4n) is 5.19. The van der Waals surface area contributed by atoms with Crippen LogP contribution in [0.2, 0.25) is 0 Å². The maximum Gasteiger partial charge on any atom is 0.338 e. The molecule has 3 heterocycles. The highest BCUT2D eigenvalue weighted by atomic mass is 127. The zero-order chi connectivity index (χ0) is 29.4. The predicted octanol–water partition coefficient (Wildman–Crippen LogP) is 4.83. The smallest absolute Gasteiger partial charge is 0.338 e. The minimum absolute atomic E-state index is 0.203. The second-order valence-corrected chi connectivity index (χ2v) is 11.8. The van der Waals surface area contributed by atoms with Crippen LogP contribution in [0.4, 0.5) is 0 Å². The predicted molar refractivity (Wildman–Crippen MR) is 168 cm³/mol. The van der Waals surface area contributed by atoms with Crippen molar-refractivity contribution in [2.45, 2.75) is 33.7 Å². The van der Waals surface area contributed by atoms with Crippen molar-refractivity contribution in [3.63, 3.8) is 0 Å². The molecule has 0 aliphatic carbocycles. The molecule has 10 heteroatoms. The SMILES string of the molecule is CCOC(=O)C1=C(C)N=c2s/c(=C\c3cc(C)n(-c4ccc(I)cc4)c3C)c(=O)n2[C@@H]1c1ccc(OC)c(OC)c1. The van der Waals surface area contributed by atoms with E-state index in [1.165, 1.54) is 11.3 Å². The van der Waals surface area contributed by atoms with Crippen molar-refractivity contribution in [1.29, 1.82) is 0 Å². The summed E-state index contributed by atoms with van der Waals surface area (Å²) >= 11 is 3.59. The maximum atomic E-state index is 14.1. The summed E-state index contributed by atoms with van der Waals surface area (Å²) < 4.78 is 21.8. The van der Waals surface area contributed by atoms with Crippen LogP contribution in [0.1, 0.15) is 42.4 Å². The van der Waals surface area contributed by atoms with E-state index in [2.05, 4.69) is 69.4 Å². The van der Waals surface area contributed by atoms with Gasteiger partial charge in [-0.3, -0.25) is 9.36 Å². The third-order valence-electron chi connectivity index (χ3n) is 7.08. The van der Waals surface area contributed by atoms with Crippen LogP contribution >= 0.6 is 33.9 Å². The van der Waals surface area contributed by atoms with E-state index in [-0.39, 0.29) is 12.2 Å². The fourth-order valence-corrected chi connectivity index (χ4v) is 6.59. The third kappa shape index (κ3) is 5.26. The van der Waals surface area contributed by atoms with Crippen LogP contribution < -0.4 is 24.4 Å². The minimum Gasteiger partial charge on any atom is -0.493 e. The molecule has 0 amide bonds. The van der Waals surface area contributed by atoms with E-state index in [1.54, 1.807) is 44.8 Å². The molecule has 0 unspecified atom stereocenters. The molecule has 0 N–H and O–H groups in total. The average molecular weight is 684 g/mol. The Kier molecular flexibility index (Phi) is 8.23. The van der Waals surface area contributed by atoms with Gasteiger partial charge in [0.25, 0.3) is 5.56 Å². The van der Waals surface area contributed by atoms with Gasteiger partial charge in [0.05, 0.1) is 42.7 Å². The van der Waals surface area contributed by atoms with E-state index in [4.69, 9.17) is 14.2 Å². The molecule has 0 saturated carbocycles. The number of benzene rings is 2. The number of esters is 1. The standard InChI is InChI=1S/C31H30IN3O5S/c1-7-40-30(37)27-18(3)33-31-35(28(27)20-8-13-24(38-5)25(15-20)39-6)29(36)26(41-31)16-21-14-17(2)34(19(21)4)23-11-9-22(32)10-12-23/h8-16,28H,7H2,1-6H3/b26-16-/t28-/m1/s1. The molecule has 41 heavy (non-hydrogen) atoms. The van der Waals surface area contributed by atoms with Crippen molar-refractivity contribution >= 4 is 46.0 Å². The van der Waals surface area contributed by atoms with Crippen LogP contribution in [0.3, 0.4) is 0 Å². The van der Waals surface area contributed by atoms with E-state index < -0.39 is 12.0 Å². The van der Waals surface area contributed by atoms with Crippen molar-refractivity contribution in [3.8, 4) is 17.2 Å². The van der Waals surface area contributed by atoms with Crippen molar-refractivity contribution < 1.29 is 19.0 Å². The van der Waals surface area contributed by atoms with Gasteiger partial charge in [-0.1, -0.05) is 17.4 Å². The Balaban J connectivity index is 1.70. The van der Waals surface area contributed by atoms with Crippen LogP contribution in [-0.2, 0) is 9.53 Å². The Morgan fingerprint density at radius 2 is 1.76 bits per heavy atom. The van der Waals surface area contributed by atoms with Gasteiger partial charge in [0.2, 0.25) is 0 Å².